The van der Waals surface area contributed by atoms with Gasteiger partial charge in [-0.3, -0.25) is 0 Å². The third kappa shape index (κ3) is 4.48. The van der Waals surface area contributed by atoms with Crippen molar-refractivity contribution in [1.82, 2.24) is 10.3 Å². The van der Waals surface area contributed by atoms with Crippen molar-refractivity contribution in [3.63, 3.8) is 0 Å². The fraction of sp³-hybridized carbons (Fsp3) is 0.375. The molecule has 0 aliphatic rings. The number of para-hydroxylation sites is 1. The molecular weight excluding hydrogens is 364 g/mol. The van der Waals surface area contributed by atoms with Gasteiger partial charge in [-0.1, -0.05) is 18.2 Å². The van der Waals surface area contributed by atoms with Gasteiger partial charge in [-0.05, 0) is 48.3 Å². The summed E-state index contributed by atoms with van der Waals surface area (Å²) in [5.74, 6) is -1.12. The van der Waals surface area contributed by atoms with E-state index in [-0.39, 0.29) is 6.42 Å². The number of carboxylic acid groups (broad SMARTS) is 1. The Kier molecular flexibility index (Phi) is 4.99. The minimum absolute atomic E-state index is 0.138. The number of halogens is 1. The highest BCUT2D eigenvalue weighted by molar-refractivity contribution is 9.10. The van der Waals surface area contributed by atoms with E-state index in [2.05, 4.69) is 26.2 Å². The number of aromatic nitrogens is 1. The van der Waals surface area contributed by atoms with Crippen molar-refractivity contribution in [2.75, 3.05) is 0 Å². The molecule has 2 rings (SSSR count). The van der Waals surface area contributed by atoms with E-state index in [0.717, 1.165) is 16.5 Å². The van der Waals surface area contributed by atoms with Crippen LogP contribution in [0.2, 0.25) is 0 Å². The van der Waals surface area contributed by atoms with Crippen LogP contribution >= 0.6 is 15.9 Å². The number of carbonyl (C=O) groups excluding carboxylic acids is 1. The molecule has 124 valence electrons. The summed E-state index contributed by atoms with van der Waals surface area (Å²) in [6, 6.07) is 6.49. The van der Waals surface area contributed by atoms with Gasteiger partial charge in [0, 0.05) is 17.3 Å². The van der Waals surface area contributed by atoms with Crippen LogP contribution in [0.3, 0.4) is 0 Å². The van der Waals surface area contributed by atoms with Crippen LogP contribution in [0, 0.1) is 0 Å². The molecule has 6 nitrogen and oxygen atoms in total. The molecule has 23 heavy (non-hydrogen) atoms. The van der Waals surface area contributed by atoms with Crippen molar-refractivity contribution < 1.29 is 19.4 Å². The SMILES string of the molecule is CC(C)(C)OC(=O)N[C@H](Cc1c(Br)[nH]c2ccccc12)C(=O)O. The minimum Gasteiger partial charge on any atom is -0.480 e. The van der Waals surface area contributed by atoms with Crippen molar-refractivity contribution in [3.8, 4) is 0 Å². The van der Waals surface area contributed by atoms with Gasteiger partial charge in [0.25, 0.3) is 0 Å². The average Bonchev–Trinajstić information content (AvgIpc) is 2.72. The summed E-state index contributed by atoms with van der Waals surface area (Å²) in [6.45, 7) is 5.16. The molecule has 0 saturated carbocycles. The number of aliphatic carboxylic acids is 1. The Labute approximate surface area is 142 Å². The Balaban J connectivity index is 2.20. The van der Waals surface area contributed by atoms with Crippen molar-refractivity contribution in [2.24, 2.45) is 0 Å². The zero-order valence-corrected chi connectivity index (χ0v) is 14.7. The second-order valence-corrected chi connectivity index (χ2v) is 7.00. The summed E-state index contributed by atoms with van der Waals surface area (Å²) in [6.07, 6.45) is -0.611. The van der Waals surface area contributed by atoms with Gasteiger partial charge in [0.1, 0.15) is 11.6 Å². The number of ether oxygens (including phenoxy) is 1. The largest absolute Gasteiger partial charge is 0.480 e. The molecule has 1 heterocycles. The van der Waals surface area contributed by atoms with Gasteiger partial charge < -0.3 is 20.1 Å². The van der Waals surface area contributed by atoms with Gasteiger partial charge in [0.15, 0.2) is 0 Å². The second-order valence-electron chi connectivity index (χ2n) is 6.20. The van der Waals surface area contributed by atoms with Crippen LogP contribution in [-0.2, 0) is 16.0 Å². The lowest BCUT2D eigenvalue weighted by atomic mass is 10.1. The standard InChI is InChI=1S/C16H19BrN2O4/c1-16(2,3)23-15(22)19-12(14(20)21)8-10-9-6-4-5-7-11(9)18-13(10)17/h4-7,12,18H,8H2,1-3H3,(H,19,22)(H,20,21)/t12-/m1/s1. The molecule has 0 saturated heterocycles. The molecule has 0 bridgehead atoms. The first-order chi connectivity index (χ1) is 10.7. The van der Waals surface area contributed by atoms with E-state index in [0.29, 0.717) is 4.60 Å². The predicted molar refractivity (Wildman–Crippen MR) is 90.5 cm³/mol. The van der Waals surface area contributed by atoms with E-state index < -0.39 is 23.7 Å². The van der Waals surface area contributed by atoms with E-state index in [1.165, 1.54) is 0 Å². The average molecular weight is 383 g/mol. The van der Waals surface area contributed by atoms with Gasteiger partial charge in [-0.15, -0.1) is 0 Å². The lowest BCUT2D eigenvalue weighted by Crippen LogP contribution is -2.44. The van der Waals surface area contributed by atoms with Gasteiger partial charge in [0.2, 0.25) is 0 Å². The molecule has 0 spiro atoms. The summed E-state index contributed by atoms with van der Waals surface area (Å²) in [5.41, 5.74) is 1.01. The van der Waals surface area contributed by atoms with Crippen molar-refractivity contribution >= 4 is 38.9 Å². The predicted octanol–water partition coefficient (Wildman–Crippen LogP) is 3.45. The molecule has 0 unspecified atom stereocenters. The zero-order chi connectivity index (χ0) is 17.2. The van der Waals surface area contributed by atoms with Crippen LogP contribution in [-0.4, -0.2) is 33.8 Å². The first-order valence-corrected chi connectivity index (χ1v) is 7.94. The Morgan fingerprint density at radius 3 is 2.61 bits per heavy atom. The number of H-pyrrole nitrogens is 1. The number of carbonyl (C=O) groups is 2. The second kappa shape index (κ2) is 6.62. The maximum absolute atomic E-state index is 11.8. The molecule has 3 N–H and O–H groups in total. The van der Waals surface area contributed by atoms with E-state index in [4.69, 9.17) is 4.74 Å². The molecule has 1 aromatic carbocycles. The van der Waals surface area contributed by atoms with Gasteiger partial charge in [-0.2, -0.15) is 0 Å². The van der Waals surface area contributed by atoms with Crippen molar-refractivity contribution in [2.45, 2.75) is 38.8 Å². The number of hydrogen-bond acceptors (Lipinski definition) is 3. The van der Waals surface area contributed by atoms with Crippen molar-refractivity contribution in [3.05, 3.63) is 34.4 Å². The van der Waals surface area contributed by atoms with Crippen LogP contribution in [0.15, 0.2) is 28.9 Å². The maximum atomic E-state index is 11.8. The molecule has 1 amide bonds. The summed E-state index contributed by atoms with van der Waals surface area (Å²) in [7, 11) is 0. The first-order valence-electron chi connectivity index (χ1n) is 7.15. The first kappa shape index (κ1) is 17.3. The Morgan fingerprint density at radius 2 is 2.00 bits per heavy atom. The Morgan fingerprint density at radius 1 is 1.35 bits per heavy atom. The molecule has 0 aliphatic heterocycles. The monoisotopic (exact) mass is 382 g/mol. The van der Waals surface area contributed by atoms with Crippen molar-refractivity contribution in [1.29, 1.82) is 0 Å². The van der Waals surface area contributed by atoms with Gasteiger partial charge in [0.05, 0.1) is 4.60 Å². The molecule has 1 atom stereocenters. The highest BCUT2D eigenvalue weighted by atomic mass is 79.9. The van der Waals surface area contributed by atoms with E-state index in [1.807, 2.05) is 24.3 Å². The number of rotatable bonds is 4. The quantitative estimate of drug-likeness (QED) is 0.754. The zero-order valence-electron chi connectivity index (χ0n) is 13.1. The van der Waals surface area contributed by atoms with E-state index in [1.54, 1.807) is 20.8 Å². The molecule has 2 aromatic rings. The summed E-state index contributed by atoms with van der Waals surface area (Å²) in [5, 5.41) is 12.7. The highest BCUT2D eigenvalue weighted by Crippen LogP contribution is 2.27. The Hall–Kier alpha value is -2.02. The lowest BCUT2D eigenvalue weighted by molar-refractivity contribution is -0.139. The number of carboxylic acids is 1. The molecule has 1 aromatic heterocycles. The number of fused-ring (bicyclic) bond motifs is 1. The normalized spacial score (nSPS) is 12.9. The topological polar surface area (TPSA) is 91.4 Å². The summed E-state index contributed by atoms with van der Waals surface area (Å²) in [4.78, 5) is 26.5. The fourth-order valence-electron chi connectivity index (χ4n) is 2.22. The summed E-state index contributed by atoms with van der Waals surface area (Å²) < 4.78 is 5.83. The fourth-order valence-corrected chi connectivity index (χ4v) is 2.81. The molecule has 0 aliphatic carbocycles. The van der Waals surface area contributed by atoms with E-state index >= 15 is 0 Å². The number of alkyl carbamates (subject to hydrolysis) is 1. The van der Waals surface area contributed by atoms with Gasteiger partial charge >= 0.3 is 12.1 Å². The highest BCUT2D eigenvalue weighted by Gasteiger charge is 2.26. The lowest BCUT2D eigenvalue weighted by Gasteiger charge is -2.22. The third-order valence-corrected chi connectivity index (χ3v) is 3.84. The molecular formula is C16H19BrN2O4. The van der Waals surface area contributed by atoms with Crippen LogP contribution < -0.4 is 5.32 Å². The van der Waals surface area contributed by atoms with Gasteiger partial charge in [-0.25, -0.2) is 9.59 Å². The van der Waals surface area contributed by atoms with Crippen LogP contribution in [0.1, 0.15) is 26.3 Å². The number of nitrogens with one attached hydrogen (secondary N) is 2. The number of aromatic amines is 1. The van der Waals surface area contributed by atoms with Crippen LogP contribution in [0.4, 0.5) is 4.79 Å². The maximum Gasteiger partial charge on any atom is 0.408 e. The van der Waals surface area contributed by atoms with Crippen LogP contribution in [0.25, 0.3) is 10.9 Å². The smallest absolute Gasteiger partial charge is 0.408 e. The van der Waals surface area contributed by atoms with Crippen LogP contribution in [0.5, 0.6) is 0 Å². The molecule has 0 fully saturated rings. The number of amides is 1. The number of benzene rings is 1. The van der Waals surface area contributed by atoms with E-state index in [9.17, 15) is 14.7 Å². The minimum atomic E-state index is -1.12. The Bertz CT molecular complexity index is 733. The third-order valence-electron chi connectivity index (χ3n) is 3.16. The summed E-state index contributed by atoms with van der Waals surface area (Å²) >= 11 is 3.41. The molecule has 7 heteroatoms. The number of hydrogen-bond donors (Lipinski definition) is 3. The molecule has 0 radical (unpaired) electrons.